The van der Waals surface area contributed by atoms with E-state index in [0.29, 0.717) is 6.10 Å². The van der Waals surface area contributed by atoms with Gasteiger partial charge in [0.15, 0.2) is 8.32 Å². The third kappa shape index (κ3) is 8.25. The van der Waals surface area contributed by atoms with Gasteiger partial charge in [-0.2, -0.15) is 0 Å². The van der Waals surface area contributed by atoms with Crippen molar-refractivity contribution in [3.8, 4) is 0 Å². The molecule has 0 saturated carbocycles. The van der Waals surface area contributed by atoms with E-state index in [9.17, 15) is 0 Å². The molecule has 13 heavy (non-hydrogen) atoms. The highest BCUT2D eigenvalue weighted by atomic mass is 28.4. The third-order valence-corrected chi connectivity index (χ3v) is 2.81. The molecule has 78 valence electrons. The Balaban J connectivity index is 3.93. The predicted molar refractivity (Wildman–Crippen MR) is 62.6 cm³/mol. The van der Waals surface area contributed by atoms with Crippen LogP contribution in [0.25, 0.3) is 0 Å². The molecule has 0 aliphatic heterocycles. The van der Waals surface area contributed by atoms with Crippen LogP contribution in [0.15, 0.2) is 12.2 Å². The molecule has 0 aliphatic rings. The van der Waals surface area contributed by atoms with Gasteiger partial charge in [0.1, 0.15) is 0 Å². The zero-order valence-electron chi connectivity index (χ0n) is 9.76. The van der Waals surface area contributed by atoms with Gasteiger partial charge in [0.2, 0.25) is 0 Å². The first-order valence-electron chi connectivity index (χ1n) is 5.28. The summed E-state index contributed by atoms with van der Waals surface area (Å²) in [4.78, 5) is 0. The fourth-order valence-electron chi connectivity index (χ4n) is 1.33. The van der Waals surface area contributed by atoms with Crippen LogP contribution in [0.2, 0.25) is 19.6 Å². The molecule has 0 fully saturated rings. The average Bonchev–Trinajstić information content (AvgIpc) is 1.98. The van der Waals surface area contributed by atoms with E-state index < -0.39 is 8.32 Å². The van der Waals surface area contributed by atoms with Crippen LogP contribution < -0.4 is 0 Å². The van der Waals surface area contributed by atoms with Gasteiger partial charge < -0.3 is 4.43 Å². The molecule has 0 aromatic carbocycles. The molecule has 0 rings (SSSR count). The van der Waals surface area contributed by atoms with Crippen LogP contribution in [-0.4, -0.2) is 14.4 Å². The van der Waals surface area contributed by atoms with E-state index in [1.54, 1.807) is 0 Å². The minimum Gasteiger partial charge on any atom is -0.414 e. The average molecular weight is 200 g/mol. The quantitative estimate of drug-likeness (QED) is 0.465. The Morgan fingerprint density at radius 2 is 1.92 bits per heavy atom. The van der Waals surface area contributed by atoms with E-state index in [1.807, 2.05) is 0 Å². The topological polar surface area (TPSA) is 9.23 Å². The Kier molecular flexibility index (Phi) is 6.34. The molecule has 0 N–H and O–H groups in total. The van der Waals surface area contributed by atoms with Gasteiger partial charge >= 0.3 is 0 Å². The van der Waals surface area contributed by atoms with E-state index >= 15 is 0 Å². The number of hydrogen-bond donors (Lipinski definition) is 0. The lowest BCUT2D eigenvalue weighted by molar-refractivity contribution is 0.185. The molecule has 0 bridgehead atoms. The van der Waals surface area contributed by atoms with E-state index in [-0.39, 0.29) is 0 Å². The molecule has 0 spiro atoms. The first-order chi connectivity index (χ1) is 5.99. The first-order valence-corrected chi connectivity index (χ1v) is 8.69. The van der Waals surface area contributed by atoms with Crippen molar-refractivity contribution in [2.45, 2.75) is 58.9 Å². The van der Waals surface area contributed by atoms with Crippen LogP contribution in [0.1, 0.15) is 33.1 Å². The van der Waals surface area contributed by atoms with Crippen molar-refractivity contribution in [1.29, 1.82) is 0 Å². The molecule has 0 aromatic heterocycles. The van der Waals surface area contributed by atoms with Crippen molar-refractivity contribution in [2.75, 3.05) is 0 Å². The number of allylic oxidation sites excluding steroid dienone is 1. The second kappa shape index (κ2) is 6.38. The van der Waals surface area contributed by atoms with Gasteiger partial charge in [0.25, 0.3) is 0 Å². The summed E-state index contributed by atoms with van der Waals surface area (Å²) in [5.74, 6) is 0. The summed E-state index contributed by atoms with van der Waals surface area (Å²) in [6.07, 6.45) is 8.25. The summed E-state index contributed by atoms with van der Waals surface area (Å²) in [7, 11) is -1.34. The highest BCUT2D eigenvalue weighted by Gasteiger charge is 2.19. The molecule has 0 saturated heterocycles. The molecule has 2 heteroatoms. The van der Waals surface area contributed by atoms with Crippen molar-refractivity contribution in [2.24, 2.45) is 0 Å². The van der Waals surface area contributed by atoms with Crippen LogP contribution in [0, 0.1) is 0 Å². The monoisotopic (exact) mass is 200 g/mol. The van der Waals surface area contributed by atoms with E-state index in [1.165, 1.54) is 12.8 Å². The van der Waals surface area contributed by atoms with Crippen LogP contribution in [0.3, 0.4) is 0 Å². The lowest BCUT2D eigenvalue weighted by Gasteiger charge is -2.25. The van der Waals surface area contributed by atoms with E-state index in [2.05, 4.69) is 45.6 Å². The van der Waals surface area contributed by atoms with Crippen LogP contribution >= 0.6 is 0 Å². The Morgan fingerprint density at radius 1 is 1.31 bits per heavy atom. The van der Waals surface area contributed by atoms with Gasteiger partial charge in [-0.05, 0) is 39.4 Å². The summed E-state index contributed by atoms with van der Waals surface area (Å²) >= 11 is 0. The van der Waals surface area contributed by atoms with E-state index in [4.69, 9.17) is 4.43 Å². The van der Waals surface area contributed by atoms with Gasteiger partial charge in [-0.25, -0.2) is 0 Å². The van der Waals surface area contributed by atoms with Crippen molar-refractivity contribution >= 4 is 8.32 Å². The number of hydrogen-bond acceptors (Lipinski definition) is 1. The molecule has 1 nitrogen and oxygen atoms in total. The SMILES string of the molecule is C/C=C/CC(CCC)O[Si](C)(C)C. The van der Waals surface area contributed by atoms with Crippen LogP contribution in [0.4, 0.5) is 0 Å². The summed E-state index contributed by atoms with van der Waals surface area (Å²) in [5, 5.41) is 0. The minimum absolute atomic E-state index is 0.452. The van der Waals surface area contributed by atoms with Gasteiger partial charge in [-0.15, -0.1) is 0 Å². The second-order valence-corrected chi connectivity index (χ2v) is 8.91. The van der Waals surface area contributed by atoms with Gasteiger partial charge in [-0.1, -0.05) is 25.5 Å². The third-order valence-electron chi connectivity index (χ3n) is 1.77. The second-order valence-electron chi connectivity index (χ2n) is 4.45. The van der Waals surface area contributed by atoms with Crippen molar-refractivity contribution in [3.63, 3.8) is 0 Å². The predicted octanol–water partition coefficient (Wildman–Crippen LogP) is 3.97. The van der Waals surface area contributed by atoms with Crippen LogP contribution in [-0.2, 0) is 4.43 Å². The zero-order valence-corrected chi connectivity index (χ0v) is 10.8. The minimum atomic E-state index is -1.34. The van der Waals surface area contributed by atoms with Gasteiger partial charge in [0, 0.05) is 6.10 Å². The van der Waals surface area contributed by atoms with Gasteiger partial charge in [0.05, 0.1) is 0 Å². The lowest BCUT2D eigenvalue weighted by atomic mass is 10.1. The first kappa shape index (κ1) is 12.9. The highest BCUT2D eigenvalue weighted by Crippen LogP contribution is 2.14. The standard InChI is InChI=1S/C11H24OSi/c1-6-8-10-11(9-7-2)12-13(3,4)5/h6,8,11H,7,9-10H2,1-5H3/b8-6+. The van der Waals surface area contributed by atoms with Crippen LogP contribution in [0.5, 0.6) is 0 Å². The van der Waals surface area contributed by atoms with Crippen molar-refractivity contribution in [1.82, 2.24) is 0 Å². The molecule has 1 unspecified atom stereocenters. The smallest absolute Gasteiger partial charge is 0.184 e. The molecule has 0 aliphatic carbocycles. The largest absolute Gasteiger partial charge is 0.414 e. The molecule has 0 amide bonds. The molecule has 1 atom stereocenters. The molecular formula is C11H24OSi. The zero-order chi connectivity index (χ0) is 10.3. The lowest BCUT2D eigenvalue weighted by Crippen LogP contribution is -2.31. The van der Waals surface area contributed by atoms with E-state index in [0.717, 1.165) is 6.42 Å². The Morgan fingerprint density at radius 3 is 2.31 bits per heavy atom. The Bertz CT molecular complexity index is 147. The summed E-state index contributed by atoms with van der Waals surface area (Å²) < 4.78 is 6.07. The molecule has 0 radical (unpaired) electrons. The van der Waals surface area contributed by atoms with Crippen molar-refractivity contribution < 1.29 is 4.43 Å². The maximum Gasteiger partial charge on any atom is 0.184 e. The van der Waals surface area contributed by atoms with Crippen molar-refractivity contribution in [3.05, 3.63) is 12.2 Å². The van der Waals surface area contributed by atoms with Gasteiger partial charge in [-0.3, -0.25) is 0 Å². The molecule has 0 heterocycles. The Labute approximate surface area is 84.3 Å². The maximum atomic E-state index is 6.07. The molecular weight excluding hydrogens is 176 g/mol. The summed E-state index contributed by atoms with van der Waals surface area (Å²) in [6, 6.07) is 0. The summed E-state index contributed by atoms with van der Waals surface area (Å²) in [6.45, 7) is 11.1. The fourth-order valence-corrected chi connectivity index (χ4v) is 2.55. The number of rotatable bonds is 6. The Hall–Kier alpha value is -0.0831. The molecule has 0 aromatic rings. The highest BCUT2D eigenvalue weighted by molar-refractivity contribution is 6.69. The normalized spacial score (nSPS) is 15.2. The summed E-state index contributed by atoms with van der Waals surface area (Å²) in [5.41, 5.74) is 0. The maximum absolute atomic E-state index is 6.07. The fraction of sp³-hybridized carbons (Fsp3) is 0.818.